The fraction of sp³-hybridized carbons (Fsp3) is 0.429. The molecule has 1 heterocycles. The molecule has 0 bridgehead atoms. The lowest BCUT2D eigenvalue weighted by Gasteiger charge is -2.16. The summed E-state index contributed by atoms with van der Waals surface area (Å²) in [5.74, 6) is -0.336. The van der Waals surface area contributed by atoms with E-state index < -0.39 is 11.7 Å². The summed E-state index contributed by atoms with van der Waals surface area (Å²) in [5.41, 5.74) is 1.04. The van der Waals surface area contributed by atoms with Crippen LogP contribution in [0.25, 0.3) is 0 Å². The van der Waals surface area contributed by atoms with Crippen LogP contribution in [-0.2, 0) is 9.53 Å². The number of methoxy groups -OCH3 is 1. The molecular weight excluding hydrogens is 246 g/mol. The zero-order chi connectivity index (χ0) is 13.8. The number of hydrogen-bond donors (Lipinski definition) is 0. The smallest absolute Gasteiger partial charge is 0.299 e. The number of benzene rings is 1. The van der Waals surface area contributed by atoms with E-state index in [9.17, 15) is 9.59 Å². The maximum Gasteiger partial charge on any atom is 0.299 e. The van der Waals surface area contributed by atoms with Gasteiger partial charge in [-0.05, 0) is 18.6 Å². The molecule has 0 aliphatic carbocycles. The van der Waals surface area contributed by atoms with Gasteiger partial charge in [-0.25, -0.2) is 0 Å². The molecule has 102 valence electrons. The van der Waals surface area contributed by atoms with Crippen molar-refractivity contribution in [3.05, 3.63) is 23.8 Å². The molecular formula is C14H17NO4. The van der Waals surface area contributed by atoms with E-state index in [-0.39, 0.29) is 0 Å². The third kappa shape index (κ3) is 2.61. The highest BCUT2D eigenvalue weighted by Crippen LogP contribution is 2.32. The number of ketones is 1. The molecule has 0 atom stereocenters. The number of carbonyl (C=O) groups is 2. The Morgan fingerprint density at radius 2 is 2.00 bits per heavy atom. The molecule has 0 aromatic heterocycles. The number of rotatable bonds is 6. The summed E-state index contributed by atoms with van der Waals surface area (Å²) in [6.07, 6.45) is 0.928. The van der Waals surface area contributed by atoms with Crippen LogP contribution in [0.2, 0.25) is 0 Å². The van der Waals surface area contributed by atoms with E-state index in [1.165, 1.54) is 4.90 Å². The average Bonchev–Trinajstić information content (AvgIpc) is 2.67. The molecule has 19 heavy (non-hydrogen) atoms. The second-order valence-corrected chi connectivity index (χ2v) is 4.28. The number of hydrogen-bond acceptors (Lipinski definition) is 4. The lowest BCUT2D eigenvalue weighted by Crippen LogP contribution is -2.32. The summed E-state index contributed by atoms with van der Waals surface area (Å²) in [7, 11) is 1.55. The van der Waals surface area contributed by atoms with Gasteiger partial charge in [-0.15, -0.1) is 0 Å². The Balaban J connectivity index is 2.17. The molecule has 1 aromatic rings. The molecule has 0 unspecified atom stereocenters. The fourth-order valence-corrected chi connectivity index (χ4v) is 2.03. The molecule has 1 aliphatic heterocycles. The van der Waals surface area contributed by atoms with Crippen molar-refractivity contribution in [3.63, 3.8) is 0 Å². The molecule has 0 saturated carbocycles. The van der Waals surface area contributed by atoms with Crippen LogP contribution in [-0.4, -0.2) is 38.6 Å². The van der Waals surface area contributed by atoms with E-state index >= 15 is 0 Å². The van der Waals surface area contributed by atoms with Gasteiger partial charge in [-0.2, -0.15) is 0 Å². The Kier molecular flexibility index (Phi) is 4.16. The SMILES string of the molecule is CCCOCCN1C(=O)C(=O)c2ccc(OC)cc21. The van der Waals surface area contributed by atoms with Crippen molar-refractivity contribution in [2.45, 2.75) is 13.3 Å². The van der Waals surface area contributed by atoms with Crippen LogP contribution in [0, 0.1) is 0 Å². The van der Waals surface area contributed by atoms with Crippen molar-refractivity contribution in [2.24, 2.45) is 0 Å². The second-order valence-electron chi connectivity index (χ2n) is 4.28. The van der Waals surface area contributed by atoms with Crippen LogP contribution in [0.1, 0.15) is 23.7 Å². The number of Topliss-reactive ketones (excluding diaryl/α,β-unsaturated/α-hetero) is 1. The van der Waals surface area contributed by atoms with Crippen molar-refractivity contribution in [2.75, 3.05) is 31.8 Å². The van der Waals surface area contributed by atoms with Crippen LogP contribution < -0.4 is 9.64 Å². The molecule has 1 aliphatic rings. The summed E-state index contributed by atoms with van der Waals surface area (Å²) in [6, 6.07) is 5.01. The lowest BCUT2D eigenvalue weighted by molar-refractivity contribution is -0.114. The molecule has 1 amide bonds. The highest BCUT2D eigenvalue weighted by Gasteiger charge is 2.35. The van der Waals surface area contributed by atoms with Gasteiger partial charge in [-0.1, -0.05) is 6.92 Å². The predicted octanol–water partition coefficient (Wildman–Crippen LogP) is 1.65. The van der Waals surface area contributed by atoms with Crippen LogP contribution in [0.4, 0.5) is 5.69 Å². The first kappa shape index (κ1) is 13.5. The maximum atomic E-state index is 11.9. The summed E-state index contributed by atoms with van der Waals surface area (Å²) >= 11 is 0. The predicted molar refractivity (Wildman–Crippen MR) is 70.8 cm³/mol. The molecule has 5 nitrogen and oxygen atoms in total. The Hall–Kier alpha value is -1.88. The van der Waals surface area contributed by atoms with Crippen LogP contribution >= 0.6 is 0 Å². The van der Waals surface area contributed by atoms with Crippen molar-refractivity contribution < 1.29 is 19.1 Å². The summed E-state index contributed by atoms with van der Waals surface area (Å²) in [5, 5.41) is 0. The number of ether oxygens (including phenoxy) is 2. The van der Waals surface area contributed by atoms with E-state index in [4.69, 9.17) is 9.47 Å². The van der Waals surface area contributed by atoms with Gasteiger partial charge in [0.05, 0.1) is 25.0 Å². The molecule has 1 aromatic carbocycles. The van der Waals surface area contributed by atoms with E-state index in [1.807, 2.05) is 6.92 Å². The Morgan fingerprint density at radius 3 is 2.68 bits per heavy atom. The molecule has 0 fully saturated rings. The number of anilines is 1. The monoisotopic (exact) mass is 263 g/mol. The number of nitrogens with zero attached hydrogens (tertiary/aromatic N) is 1. The van der Waals surface area contributed by atoms with Crippen molar-refractivity contribution in [3.8, 4) is 5.75 Å². The van der Waals surface area contributed by atoms with Crippen molar-refractivity contribution >= 4 is 17.4 Å². The third-order valence-corrected chi connectivity index (χ3v) is 2.99. The van der Waals surface area contributed by atoms with Crippen molar-refractivity contribution in [1.82, 2.24) is 0 Å². The Morgan fingerprint density at radius 1 is 1.21 bits per heavy atom. The first-order valence-corrected chi connectivity index (χ1v) is 6.31. The maximum absolute atomic E-state index is 11.9. The van der Waals surface area contributed by atoms with Gasteiger partial charge in [0, 0.05) is 19.2 Å². The van der Waals surface area contributed by atoms with Gasteiger partial charge in [0.25, 0.3) is 11.7 Å². The van der Waals surface area contributed by atoms with Gasteiger partial charge < -0.3 is 14.4 Å². The number of fused-ring (bicyclic) bond motifs is 1. The van der Waals surface area contributed by atoms with Gasteiger partial charge in [0.2, 0.25) is 0 Å². The van der Waals surface area contributed by atoms with E-state index in [1.54, 1.807) is 25.3 Å². The van der Waals surface area contributed by atoms with E-state index in [2.05, 4.69) is 0 Å². The van der Waals surface area contributed by atoms with E-state index in [0.717, 1.165) is 6.42 Å². The third-order valence-electron chi connectivity index (χ3n) is 2.99. The molecule has 5 heteroatoms. The summed E-state index contributed by atoms with van der Waals surface area (Å²) in [4.78, 5) is 25.2. The standard InChI is InChI=1S/C14H17NO4/c1-3-7-19-8-6-15-12-9-10(18-2)4-5-11(12)13(16)14(15)17/h4-5,9H,3,6-8H2,1-2H3. The van der Waals surface area contributed by atoms with Crippen LogP contribution in [0.15, 0.2) is 18.2 Å². The van der Waals surface area contributed by atoms with Gasteiger partial charge >= 0.3 is 0 Å². The van der Waals surface area contributed by atoms with Gasteiger partial charge in [0.15, 0.2) is 0 Å². The van der Waals surface area contributed by atoms with E-state index in [0.29, 0.717) is 36.8 Å². The summed E-state index contributed by atoms with van der Waals surface area (Å²) in [6.45, 7) is 3.47. The zero-order valence-electron chi connectivity index (χ0n) is 11.1. The zero-order valence-corrected chi connectivity index (χ0v) is 11.1. The largest absolute Gasteiger partial charge is 0.497 e. The molecule has 0 N–H and O–H groups in total. The first-order chi connectivity index (χ1) is 9.19. The first-order valence-electron chi connectivity index (χ1n) is 6.31. The van der Waals surface area contributed by atoms with Crippen LogP contribution in [0.5, 0.6) is 5.75 Å². The molecule has 2 rings (SSSR count). The molecule has 0 saturated heterocycles. The minimum absolute atomic E-state index is 0.380. The molecule has 0 spiro atoms. The number of carbonyl (C=O) groups excluding carboxylic acids is 2. The highest BCUT2D eigenvalue weighted by molar-refractivity contribution is 6.52. The minimum Gasteiger partial charge on any atom is -0.497 e. The Labute approximate surface area is 112 Å². The normalized spacial score (nSPS) is 13.9. The Bertz CT molecular complexity index is 498. The van der Waals surface area contributed by atoms with Gasteiger partial charge in [0.1, 0.15) is 5.75 Å². The quantitative estimate of drug-likeness (QED) is 0.578. The molecule has 0 radical (unpaired) electrons. The number of amides is 1. The second kappa shape index (κ2) is 5.84. The fourth-order valence-electron chi connectivity index (χ4n) is 2.03. The lowest BCUT2D eigenvalue weighted by atomic mass is 10.1. The minimum atomic E-state index is -0.497. The summed E-state index contributed by atoms with van der Waals surface area (Å²) < 4.78 is 10.5. The van der Waals surface area contributed by atoms with Crippen LogP contribution in [0.3, 0.4) is 0 Å². The average molecular weight is 263 g/mol. The van der Waals surface area contributed by atoms with Gasteiger partial charge in [-0.3, -0.25) is 9.59 Å². The van der Waals surface area contributed by atoms with Crippen molar-refractivity contribution in [1.29, 1.82) is 0 Å². The highest BCUT2D eigenvalue weighted by atomic mass is 16.5. The topological polar surface area (TPSA) is 55.8 Å².